The van der Waals surface area contributed by atoms with Crippen molar-refractivity contribution in [3.63, 3.8) is 0 Å². The zero-order valence-electron chi connectivity index (χ0n) is 9.29. The molecule has 0 aliphatic heterocycles. The molecule has 0 radical (unpaired) electrons. The molecule has 0 fully saturated rings. The van der Waals surface area contributed by atoms with E-state index in [2.05, 4.69) is 15.3 Å². The number of nitrogens with one attached hydrogen (secondary N) is 2. The van der Waals surface area contributed by atoms with Crippen molar-refractivity contribution in [2.45, 2.75) is 20.4 Å². The molecular weight excluding hydrogens is 192 g/mol. The van der Waals surface area contributed by atoms with Crippen molar-refractivity contribution < 1.29 is 4.79 Å². The van der Waals surface area contributed by atoms with E-state index in [9.17, 15) is 4.79 Å². The van der Waals surface area contributed by atoms with Gasteiger partial charge in [0.05, 0.1) is 12.9 Å². The minimum atomic E-state index is 0.138. The first-order valence-corrected chi connectivity index (χ1v) is 5.23. The summed E-state index contributed by atoms with van der Waals surface area (Å²) in [5, 5.41) is 3.07. The van der Waals surface area contributed by atoms with Crippen molar-refractivity contribution in [1.82, 2.24) is 20.2 Å². The van der Waals surface area contributed by atoms with Crippen molar-refractivity contribution in [2.75, 3.05) is 19.6 Å². The number of aromatic nitrogens is 2. The van der Waals surface area contributed by atoms with Crippen LogP contribution in [0.1, 0.15) is 19.5 Å². The van der Waals surface area contributed by atoms with Crippen LogP contribution in [0.15, 0.2) is 12.5 Å². The molecule has 2 N–H and O–H groups in total. The highest BCUT2D eigenvalue weighted by Gasteiger charge is 2.08. The minimum absolute atomic E-state index is 0.138. The average Bonchev–Trinajstić information content (AvgIpc) is 2.72. The second-order valence-corrected chi connectivity index (χ2v) is 3.25. The van der Waals surface area contributed by atoms with E-state index >= 15 is 0 Å². The lowest BCUT2D eigenvalue weighted by molar-refractivity contribution is -0.129. The van der Waals surface area contributed by atoms with Gasteiger partial charge >= 0.3 is 0 Å². The van der Waals surface area contributed by atoms with E-state index < -0.39 is 0 Å². The maximum Gasteiger partial charge on any atom is 0.236 e. The van der Waals surface area contributed by atoms with Crippen molar-refractivity contribution in [3.8, 4) is 0 Å². The van der Waals surface area contributed by atoms with Gasteiger partial charge in [-0.3, -0.25) is 4.79 Å². The summed E-state index contributed by atoms with van der Waals surface area (Å²) >= 11 is 0. The van der Waals surface area contributed by atoms with Crippen LogP contribution in [0.3, 0.4) is 0 Å². The molecule has 0 aliphatic rings. The van der Waals surface area contributed by atoms with Crippen LogP contribution in [0.4, 0.5) is 0 Å². The first-order chi connectivity index (χ1) is 7.27. The Morgan fingerprint density at radius 3 is 2.80 bits per heavy atom. The fraction of sp³-hybridized carbons (Fsp3) is 0.600. The van der Waals surface area contributed by atoms with Crippen molar-refractivity contribution in [3.05, 3.63) is 18.2 Å². The molecule has 0 spiro atoms. The molecular formula is C10H18N4O. The molecule has 84 valence electrons. The van der Waals surface area contributed by atoms with Crippen LogP contribution in [-0.4, -0.2) is 40.4 Å². The molecule has 1 amide bonds. The Morgan fingerprint density at radius 1 is 1.53 bits per heavy atom. The number of aromatic amines is 1. The van der Waals surface area contributed by atoms with Gasteiger partial charge < -0.3 is 15.2 Å². The Hall–Kier alpha value is -1.36. The smallest absolute Gasteiger partial charge is 0.236 e. The van der Waals surface area contributed by atoms with E-state index in [1.807, 2.05) is 13.8 Å². The molecule has 0 bridgehead atoms. The van der Waals surface area contributed by atoms with Crippen molar-refractivity contribution >= 4 is 5.91 Å². The maximum absolute atomic E-state index is 11.6. The summed E-state index contributed by atoms with van der Waals surface area (Å²) in [6.45, 7) is 6.52. The van der Waals surface area contributed by atoms with Gasteiger partial charge in [-0.15, -0.1) is 0 Å². The molecule has 0 saturated carbocycles. The molecule has 5 heteroatoms. The van der Waals surface area contributed by atoms with Crippen LogP contribution in [0.25, 0.3) is 0 Å². The van der Waals surface area contributed by atoms with Gasteiger partial charge in [0.2, 0.25) is 5.91 Å². The number of likely N-dealkylation sites (N-methyl/N-ethyl adjacent to an activating group) is 1. The van der Waals surface area contributed by atoms with Crippen LogP contribution in [0.2, 0.25) is 0 Å². The Kier molecular flexibility index (Phi) is 4.83. The van der Waals surface area contributed by atoms with Gasteiger partial charge in [0.25, 0.3) is 0 Å². The van der Waals surface area contributed by atoms with Gasteiger partial charge in [0.1, 0.15) is 0 Å². The molecule has 0 aliphatic carbocycles. The number of imidazole rings is 1. The molecule has 0 atom stereocenters. The first kappa shape index (κ1) is 11.7. The Balaban J connectivity index is 2.22. The molecule has 0 unspecified atom stereocenters. The first-order valence-electron chi connectivity index (χ1n) is 5.23. The lowest BCUT2D eigenvalue weighted by Crippen LogP contribution is -2.37. The molecule has 1 heterocycles. The number of carbonyl (C=O) groups excluding carboxylic acids is 1. The largest absolute Gasteiger partial charge is 0.347 e. The van der Waals surface area contributed by atoms with E-state index in [0.717, 1.165) is 18.8 Å². The monoisotopic (exact) mass is 210 g/mol. The van der Waals surface area contributed by atoms with Crippen molar-refractivity contribution in [2.24, 2.45) is 0 Å². The minimum Gasteiger partial charge on any atom is -0.347 e. The highest BCUT2D eigenvalue weighted by atomic mass is 16.2. The lowest BCUT2D eigenvalue weighted by atomic mass is 10.4. The zero-order chi connectivity index (χ0) is 11.1. The van der Waals surface area contributed by atoms with Gasteiger partial charge in [0, 0.05) is 31.5 Å². The molecule has 1 rings (SSSR count). The van der Waals surface area contributed by atoms with E-state index in [1.165, 1.54) is 0 Å². The quantitative estimate of drug-likeness (QED) is 0.713. The summed E-state index contributed by atoms with van der Waals surface area (Å²) < 4.78 is 0. The van der Waals surface area contributed by atoms with Crippen LogP contribution in [0, 0.1) is 0 Å². The molecule has 0 aromatic carbocycles. The summed E-state index contributed by atoms with van der Waals surface area (Å²) in [5.74, 6) is 0.138. The highest BCUT2D eigenvalue weighted by Crippen LogP contribution is 1.91. The number of rotatable bonds is 6. The van der Waals surface area contributed by atoms with Gasteiger partial charge in [-0.2, -0.15) is 0 Å². The van der Waals surface area contributed by atoms with E-state index in [0.29, 0.717) is 13.1 Å². The number of H-pyrrole nitrogens is 1. The van der Waals surface area contributed by atoms with E-state index in [4.69, 9.17) is 0 Å². The van der Waals surface area contributed by atoms with Crippen LogP contribution < -0.4 is 5.32 Å². The summed E-state index contributed by atoms with van der Waals surface area (Å²) in [5.41, 5.74) is 0.988. The Morgan fingerprint density at radius 2 is 2.27 bits per heavy atom. The molecule has 0 saturated heterocycles. The maximum atomic E-state index is 11.6. The fourth-order valence-electron chi connectivity index (χ4n) is 1.37. The van der Waals surface area contributed by atoms with E-state index in [-0.39, 0.29) is 5.91 Å². The second-order valence-electron chi connectivity index (χ2n) is 3.25. The van der Waals surface area contributed by atoms with Gasteiger partial charge in [0.15, 0.2) is 0 Å². The summed E-state index contributed by atoms with van der Waals surface area (Å²) in [7, 11) is 0. The summed E-state index contributed by atoms with van der Waals surface area (Å²) in [6, 6.07) is 0. The van der Waals surface area contributed by atoms with Gasteiger partial charge in [-0.25, -0.2) is 4.98 Å². The van der Waals surface area contributed by atoms with Gasteiger partial charge in [-0.05, 0) is 13.8 Å². The SMILES string of the molecule is CCN(CC)C(=O)CNCc1cnc[nH]1. The molecule has 1 aromatic rings. The summed E-state index contributed by atoms with van der Waals surface area (Å²) in [4.78, 5) is 20.2. The number of carbonyl (C=O) groups is 1. The second kappa shape index (κ2) is 6.19. The third kappa shape index (κ3) is 3.71. The van der Waals surface area contributed by atoms with Crippen LogP contribution in [-0.2, 0) is 11.3 Å². The third-order valence-corrected chi connectivity index (χ3v) is 2.26. The normalized spacial score (nSPS) is 10.3. The standard InChI is InChI=1S/C10H18N4O/c1-3-14(4-2)10(15)7-11-5-9-6-12-8-13-9/h6,8,11H,3-5,7H2,1-2H3,(H,12,13). The Labute approximate surface area is 89.9 Å². The number of amides is 1. The van der Waals surface area contributed by atoms with E-state index in [1.54, 1.807) is 17.4 Å². The van der Waals surface area contributed by atoms with Gasteiger partial charge in [-0.1, -0.05) is 0 Å². The molecule has 1 aromatic heterocycles. The Bertz CT molecular complexity index is 280. The fourth-order valence-corrected chi connectivity index (χ4v) is 1.37. The topological polar surface area (TPSA) is 61.0 Å². The predicted octanol–water partition coefficient (Wildman–Crippen LogP) is 0.368. The third-order valence-electron chi connectivity index (χ3n) is 2.26. The number of nitrogens with zero attached hydrogens (tertiary/aromatic N) is 2. The summed E-state index contributed by atoms with van der Waals surface area (Å²) in [6.07, 6.45) is 3.37. The molecule has 5 nitrogen and oxygen atoms in total. The average molecular weight is 210 g/mol. The highest BCUT2D eigenvalue weighted by molar-refractivity contribution is 5.78. The molecule has 15 heavy (non-hydrogen) atoms. The van der Waals surface area contributed by atoms with Crippen LogP contribution >= 0.6 is 0 Å². The van der Waals surface area contributed by atoms with Crippen molar-refractivity contribution in [1.29, 1.82) is 0 Å². The van der Waals surface area contributed by atoms with Crippen LogP contribution in [0.5, 0.6) is 0 Å². The zero-order valence-corrected chi connectivity index (χ0v) is 9.29. The number of hydrogen-bond acceptors (Lipinski definition) is 3. The predicted molar refractivity (Wildman–Crippen MR) is 58.2 cm³/mol. The lowest BCUT2D eigenvalue weighted by Gasteiger charge is -2.18. The number of hydrogen-bond donors (Lipinski definition) is 2.